The lowest BCUT2D eigenvalue weighted by atomic mass is 10.2. The van der Waals surface area contributed by atoms with Crippen LogP contribution < -0.4 is 5.32 Å². The molecule has 0 aliphatic rings. The van der Waals surface area contributed by atoms with E-state index in [0.717, 1.165) is 6.42 Å². The van der Waals surface area contributed by atoms with Gasteiger partial charge in [0.15, 0.2) is 0 Å². The molecule has 0 radical (unpaired) electrons. The summed E-state index contributed by atoms with van der Waals surface area (Å²) in [7, 11) is 0. The number of hydrogen-bond acceptors (Lipinski definition) is 2. The van der Waals surface area contributed by atoms with E-state index in [0.29, 0.717) is 28.2 Å². The molecule has 0 aliphatic heterocycles. The van der Waals surface area contributed by atoms with Gasteiger partial charge in [0.25, 0.3) is 5.91 Å². The highest BCUT2D eigenvalue weighted by atomic mass is 79.9. The first-order valence-corrected chi connectivity index (χ1v) is 7.02. The maximum atomic E-state index is 11.8. The number of halogens is 2. The molecule has 100 valence electrons. The molecular formula is C13H17BrClNO2. The molecule has 3 nitrogen and oxygen atoms in total. The van der Waals surface area contributed by atoms with Crippen molar-refractivity contribution in [3.63, 3.8) is 0 Å². The fraction of sp³-hybridized carbons (Fsp3) is 0.462. The Hall–Kier alpha value is -0.580. The van der Waals surface area contributed by atoms with E-state index in [4.69, 9.17) is 16.3 Å². The predicted octanol–water partition coefficient (Wildman–Crippen LogP) is 3.65. The van der Waals surface area contributed by atoms with Crippen LogP contribution in [0.25, 0.3) is 0 Å². The molecule has 1 N–H and O–H groups in total. The van der Waals surface area contributed by atoms with Crippen LogP contribution in [-0.4, -0.2) is 25.2 Å². The maximum Gasteiger partial charge on any atom is 0.252 e. The normalized spacial score (nSPS) is 10.7. The molecule has 0 heterocycles. The van der Waals surface area contributed by atoms with E-state index in [1.165, 1.54) is 0 Å². The van der Waals surface area contributed by atoms with Gasteiger partial charge in [-0.3, -0.25) is 4.79 Å². The smallest absolute Gasteiger partial charge is 0.252 e. The number of amides is 1. The molecule has 0 aliphatic carbocycles. The van der Waals surface area contributed by atoms with Crippen molar-refractivity contribution < 1.29 is 9.53 Å². The van der Waals surface area contributed by atoms with Crippen molar-refractivity contribution in [2.75, 3.05) is 13.2 Å². The van der Waals surface area contributed by atoms with Gasteiger partial charge in [-0.25, -0.2) is 0 Å². The summed E-state index contributed by atoms with van der Waals surface area (Å²) in [6, 6.07) is 5.10. The summed E-state index contributed by atoms with van der Waals surface area (Å²) in [5.74, 6) is -0.108. The second-order valence-electron chi connectivity index (χ2n) is 4.15. The number of carbonyl (C=O) groups excluding carboxylic acids is 1. The predicted molar refractivity (Wildman–Crippen MR) is 77.2 cm³/mol. The van der Waals surface area contributed by atoms with Gasteiger partial charge in [-0.1, -0.05) is 11.6 Å². The molecule has 5 heteroatoms. The van der Waals surface area contributed by atoms with E-state index in [-0.39, 0.29) is 12.0 Å². The van der Waals surface area contributed by atoms with Crippen LogP contribution in [0, 0.1) is 0 Å². The van der Waals surface area contributed by atoms with Crippen molar-refractivity contribution in [1.82, 2.24) is 5.32 Å². The van der Waals surface area contributed by atoms with E-state index >= 15 is 0 Å². The quantitative estimate of drug-likeness (QED) is 0.807. The van der Waals surface area contributed by atoms with Gasteiger partial charge in [-0.15, -0.1) is 0 Å². The Balaban J connectivity index is 2.36. The average molecular weight is 335 g/mol. The molecule has 1 amide bonds. The fourth-order valence-electron chi connectivity index (χ4n) is 1.36. The molecule has 1 aromatic rings. The summed E-state index contributed by atoms with van der Waals surface area (Å²) in [6.45, 7) is 5.23. The fourth-order valence-corrected chi connectivity index (χ4v) is 2.22. The van der Waals surface area contributed by atoms with Crippen molar-refractivity contribution in [3.8, 4) is 0 Å². The Morgan fingerprint density at radius 3 is 2.83 bits per heavy atom. The Morgan fingerprint density at radius 2 is 2.22 bits per heavy atom. The van der Waals surface area contributed by atoms with Gasteiger partial charge in [0.1, 0.15) is 0 Å². The summed E-state index contributed by atoms with van der Waals surface area (Å²) < 4.78 is 6.09. The number of rotatable bonds is 6. The molecule has 0 unspecified atom stereocenters. The summed E-state index contributed by atoms with van der Waals surface area (Å²) >= 11 is 9.14. The average Bonchev–Trinajstić information content (AvgIpc) is 2.27. The van der Waals surface area contributed by atoms with Crippen molar-refractivity contribution in [1.29, 1.82) is 0 Å². The van der Waals surface area contributed by atoms with Crippen LogP contribution in [0.1, 0.15) is 30.6 Å². The first kappa shape index (κ1) is 15.5. The van der Waals surface area contributed by atoms with E-state index in [9.17, 15) is 4.79 Å². The van der Waals surface area contributed by atoms with Crippen molar-refractivity contribution in [3.05, 3.63) is 33.3 Å². The molecule has 0 atom stereocenters. The van der Waals surface area contributed by atoms with Crippen molar-refractivity contribution in [2.45, 2.75) is 26.4 Å². The lowest BCUT2D eigenvalue weighted by molar-refractivity contribution is 0.0757. The van der Waals surface area contributed by atoms with Crippen LogP contribution in [-0.2, 0) is 4.74 Å². The third kappa shape index (κ3) is 5.38. The standard InChI is InChI=1S/C13H17BrClNO2/c1-9(2)18-7-3-6-16-13(17)11-5-4-10(15)8-12(11)14/h4-5,8-9H,3,6-7H2,1-2H3,(H,16,17). The third-order valence-electron chi connectivity index (χ3n) is 2.23. The second-order valence-corrected chi connectivity index (χ2v) is 5.44. The highest BCUT2D eigenvalue weighted by Crippen LogP contribution is 2.21. The van der Waals surface area contributed by atoms with E-state index in [1.54, 1.807) is 18.2 Å². The molecule has 1 rings (SSSR count). The number of hydrogen-bond donors (Lipinski definition) is 1. The second kappa shape index (κ2) is 7.77. The van der Waals surface area contributed by atoms with Gasteiger partial charge < -0.3 is 10.1 Å². The molecule has 0 fully saturated rings. The molecule has 18 heavy (non-hydrogen) atoms. The van der Waals surface area contributed by atoms with Crippen LogP contribution in [0.2, 0.25) is 5.02 Å². The Kier molecular flexibility index (Phi) is 6.68. The minimum atomic E-state index is -0.108. The third-order valence-corrected chi connectivity index (χ3v) is 3.12. The van der Waals surface area contributed by atoms with Crippen LogP contribution in [0.15, 0.2) is 22.7 Å². The van der Waals surface area contributed by atoms with Gasteiger partial charge in [-0.05, 0) is 54.4 Å². The lowest BCUT2D eigenvalue weighted by Crippen LogP contribution is -2.25. The van der Waals surface area contributed by atoms with Crippen molar-refractivity contribution in [2.24, 2.45) is 0 Å². The highest BCUT2D eigenvalue weighted by molar-refractivity contribution is 9.10. The monoisotopic (exact) mass is 333 g/mol. The van der Waals surface area contributed by atoms with E-state index in [2.05, 4.69) is 21.2 Å². The van der Waals surface area contributed by atoms with E-state index in [1.807, 2.05) is 13.8 Å². The minimum Gasteiger partial charge on any atom is -0.379 e. The summed E-state index contributed by atoms with van der Waals surface area (Å²) in [4.78, 5) is 11.8. The highest BCUT2D eigenvalue weighted by Gasteiger charge is 2.09. The molecule has 0 saturated carbocycles. The lowest BCUT2D eigenvalue weighted by Gasteiger charge is -2.09. The molecule has 0 spiro atoms. The minimum absolute atomic E-state index is 0.108. The van der Waals surface area contributed by atoms with E-state index < -0.39 is 0 Å². The topological polar surface area (TPSA) is 38.3 Å². The van der Waals surface area contributed by atoms with Crippen LogP contribution in [0.5, 0.6) is 0 Å². The molecule has 0 saturated heterocycles. The maximum absolute atomic E-state index is 11.8. The Labute approximate surface area is 121 Å². The summed E-state index contributed by atoms with van der Waals surface area (Å²) in [6.07, 6.45) is 1.03. The number of nitrogens with one attached hydrogen (secondary N) is 1. The largest absolute Gasteiger partial charge is 0.379 e. The van der Waals surface area contributed by atoms with Gasteiger partial charge in [0.2, 0.25) is 0 Å². The zero-order valence-electron chi connectivity index (χ0n) is 10.5. The first-order chi connectivity index (χ1) is 8.50. The van der Waals surface area contributed by atoms with Crippen LogP contribution in [0.3, 0.4) is 0 Å². The Morgan fingerprint density at radius 1 is 1.50 bits per heavy atom. The zero-order chi connectivity index (χ0) is 13.5. The summed E-state index contributed by atoms with van der Waals surface area (Å²) in [5, 5.41) is 3.44. The zero-order valence-corrected chi connectivity index (χ0v) is 12.8. The number of benzene rings is 1. The summed E-state index contributed by atoms with van der Waals surface area (Å²) in [5.41, 5.74) is 0.587. The first-order valence-electron chi connectivity index (χ1n) is 5.85. The molecule has 0 bridgehead atoms. The SMILES string of the molecule is CC(C)OCCCNC(=O)c1ccc(Cl)cc1Br. The van der Waals surface area contributed by atoms with Crippen molar-refractivity contribution >= 4 is 33.4 Å². The molecule has 1 aromatic carbocycles. The van der Waals surface area contributed by atoms with Gasteiger partial charge >= 0.3 is 0 Å². The van der Waals surface area contributed by atoms with Crippen LogP contribution in [0.4, 0.5) is 0 Å². The molecule has 0 aromatic heterocycles. The number of carbonyl (C=O) groups is 1. The molecular weight excluding hydrogens is 318 g/mol. The van der Waals surface area contributed by atoms with Gasteiger partial charge in [-0.2, -0.15) is 0 Å². The van der Waals surface area contributed by atoms with Gasteiger partial charge in [0, 0.05) is 22.6 Å². The van der Waals surface area contributed by atoms with Gasteiger partial charge in [0.05, 0.1) is 11.7 Å². The Bertz CT molecular complexity index is 410. The number of ether oxygens (including phenoxy) is 1. The van der Waals surface area contributed by atoms with Crippen LogP contribution >= 0.6 is 27.5 Å².